The number of benzene rings is 1. The van der Waals surface area contributed by atoms with E-state index in [1.54, 1.807) is 6.92 Å². The van der Waals surface area contributed by atoms with E-state index in [1.165, 1.54) is 11.1 Å². The van der Waals surface area contributed by atoms with E-state index in [-0.39, 0.29) is 18.5 Å². The van der Waals surface area contributed by atoms with E-state index < -0.39 is 6.10 Å². The van der Waals surface area contributed by atoms with E-state index in [0.29, 0.717) is 5.75 Å². The van der Waals surface area contributed by atoms with Crippen LogP contribution in [0, 0.1) is 12.3 Å². The molecule has 1 aliphatic rings. The minimum Gasteiger partial charge on any atom is -0.481 e. The number of hydrogen-bond acceptors (Lipinski definition) is 3. The van der Waals surface area contributed by atoms with Crippen molar-refractivity contribution in [3.05, 3.63) is 29.3 Å². The van der Waals surface area contributed by atoms with Gasteiger partial charge in [-0.15, -0.1) is 6.42 Å². The van der Waals surface area contributed by atoms with E-state index in [0.717, 1.165) is 12.8 Å². The van der Waals surface area contributed by atoms with E-state index >= 15 is 0 Å². The Bertz CT molecular complexity index is 519. The summed E-state index contributed by atoms with van der Waals surface area (Å²) in [5.74, 6) is 2.83. The lowest BCUT2D eigenvalue weighted by Gasteiger charge is -2.15. The van der Waals surface area contributed by atoms with Gasteiger partial charge in [0.25, 0.3) is 5.91 Å². The summed E-state index contributed by atoms with van der Waals surface area (Å²) in [7, 11) is 0. The average Bonchev–Trinajstić information content (AvgIpc) is 2.77. The van der Waals surface area contributed by atoms with Gasteiger partial charge in [-0.05, 0) is 43.0 Å². The van der Waals surface area contributed by atoms with Crippen molar-refractivity contribution in [3.63, 3.8) is 0 Å². The summed E-state index contributed by atoms with van der Waals surface area (Å²) in [5.41, 5.74) is 8.36. The monoisotopic (exact) mass is 258 g/mol. The molecule has 0 saturated carbocycles. The van der Waals surface area contributed by atoms with Crippen molar-refractivity contribution >= 4 is 5.91 Å². The van der Waals surface area contributed by atoms with Crippen LogP contribution in [0.1, 0.15) is 30.5 Å². The fourth-order valence-electron chi connectivity index (χ4n) is 2.24. The summed E-state index contributed by atoms with van der Waals surface area (Å²) in [6.07, 6.45) is 6.45. The Morgan fingerprint density at radius 2 is 2.47 bits per heavy atom. The standard InChI is InChI=1S/C15H18N2O2/c1-3-8-17-15(18)10(2)19-12-5-6-13-11(9-12)4-7-14(13)16/h1,5-6,9-10,14H,4,7-8,16H2,2H3,(H,17,18). The van der Waals surface area contributed by atoms with Crippen molar-refractivity contribution in [2.75, 3.05) is 6.54 Å². The molecule has 0 radical (unpaired) electrons. The summed E-state index contributed by atoms with van der Waals surface area (Å²) in [4.78, 5) is 11.6. The Balaban J connectivity index is 2.00. The zero-order chi connectivity index (χ0) is 13.8. The van der Waals surface area contributed by atoms with Gasteiger partial charge >= 0.3 is 0 Å². The maximum Gasteiger partial charge on any atom is 0.261 e. The maximum absolute atomic E-state index is 11.6. The van der Waals surface area contributed by atoms with Crippen molar-refractivity contribution in [2.45, 2.75) is 31.9 Å². The van der Waals surface area contributed by atoms with E-state index in [9.17, 15) is 4.79 Å². The Kier molecular flexibility index (Phi) is 4.08. The molecule has 100 valence electrons. The van der Waals surface area contributed by atoms with Crippen LogP contribution in [0.5, 0.6) is 5.75 Å². The molecule has 3 N–H and O–H groups in total. The molecule has 4 heteroatoms. The number of ether oxygens (including phenoxy) is 1. The molecule has 0 saturated heterocycles. The van der Waals surface area contributed by atoms with Crippen LogP contribution in [0.3, 0.4) is 0 Å². The highest BCUT2D eigenvalue weighted by molar-refractivity contribution is 5.80. The number of terminal acetylenes is 1. The lowest BCUT2D eigenvalue weighted by atomic mass is 10.1. The molecule has 1 aliphatic carbocycles. The highest BCUT2D eigenvalue weighted by Gasteiger charge is 2.20. The van der Waals surface area contributed by atoms with Crippen LogP contribution in [-0.4, -0.2) is 18.6 Å². The molecule has 19 heavy (non-hydrogen) atoms. The van der Waals surface area contributed by atoms with Crippen LogP contribution in [-0.2, 0) is 11.2 Å². The molecule has 0 bridgehead atoms. The van der Waals surface area contributed by atoms with Crippen LogP contribution in [0.25, 0.3) is 0 Å². The largest absolute Gasteiger partial charge is 0.481 e. The number of carbonyl (C=O) groups excluding carboxylic acids is 1. The quantitative estimate of drug-likeness (QED) is 0.796. The number of nitrogens with two attached hydrogens (primary N) is 1. The number of hydrogen-bond donors (Lipinski definition) is 2. The van der Waals surface area contributed by atoms with Crippen molar-refractivity contribution in [2.24, 2.45) is 5.73 Å². The fraction of sp³-hybridized carbons (Fsp3) is 0.400. The van der Waals surface area contributed by atoms with Crippen LogP contribution in [0.2, 0.25) is 0 Å². The number of rotatable bonds is 4. The number of amides is 1. The van der Waals surface area contributed by atoms with Crippen molar-refractivity contribution in [1.82, 2.24) is 5.32 Å². The SMILES string of the molecule is C#CCNC(=O)C(C)Oc1ccc2c(c1)CCC2N. The van der Waals surface area contributed by atoms with Gasteiger partial charge < -0.3 is 15.8 Å². The first-order valence-corrected chi connectivity index (χ1v) is 6.38. The van der Waals surface area contributed by atoms with Gasteiger partial charge in [-0.1, -0.05) is 12.0 Å². The summed E-state index contributed by atoms with van der Waals surface area (Å²) >= 11 is 0. The molecule has 2 unspecified atom stereocenters. The molecule has 2 rings (SSSR count). The topological polar surface area (TPSA) is 64.3 Å². The van der Waals surface area contributed by atoms with Gasteiger partial charge in [-0.25, -0.2) is 0 Å². The smallest absolute Gasteiger partial charge is 0.261 e. The zero-order valence-corrected chi connectivity index (χ0v) is 11.0. The van der Waals surface area contributed by atoms with E-state index in [2.05, 4.69) is 11.2 Å². The van der Waals surface area contributed by atoms with Crippen LogP contribution < -0.4 is 15.8 Å². The third-order valence-corrected chi connectivity index (χ3v) is 3.29. The molecule has 0 heterocycles. The molecule has 0 spiro atoms. The maximum atomic E-state index is 11.6. The molecule has 0 fully saturated rings. The Morgan fingerprint density at radius 3 is 3.21 bits per heavy atom. The molecular weight excluding hydrogens is 240 g/mol. The van der Waals surface area contributed by atoms with Crippen molar-refractivity contribution in [3.8, 4) is 18.1 Å². The highest BCUT2D eigenvalue weighted by atomic mass is 16.5. The summed E-state index contributed by atoms with van der Waals surface area (Å²) in [5, 5.41) is 2.59. The molecule has 4 nitrogen and oxygen atoms in total. The Hall–Kier alpha value is -1.99. The predicted molar refractivity (Wildman–Crippen MR) is 73.6 cm³/mol. The average molecular weight is 258 g/mol. The first-order chi connectivity index (χ1) is 9.11. The predicted octanol–water partition coefficient (Wildman–Crippen LogP) is 1.15. The van der Waals surface area contributed by atoms with Crippen molar-refractivity contribution in [1.29, 1.82) is 0 Å². The summed E-state index contributed by atoms with van der Waals surface area (Å²) in [6.45, 7) is 1.91. The minimum atomic E-state index is -0.568. The van der Waals surface area contributed by atoms with Gasteiger partial charge in [0.2, 0.25) is 0 Å². The highest BCUT2D eigenvalue weighted by Crippen LogP contribution is 2.32. The van der Waals surface area contributed by atoms with Crippen LogP contribution >= 0.6 is 0 Å². The molecule has 0 aromatic heterocycles. The number of carbonyl (C=O) groups is 1. The van der Waals surface area contributed by atoms with Crippen LogP contribution in [0.15, 0.2) is 18.2 Å². The third-order valence-electron chi connectivity index (χ3n) is 3.29. The van der Waals surface area contributed by atoms with Gasteiger partial charge in [0.1, 0.15) is 5.75 Å². The van der Waals surface area contributed by atoms with Gasteiger partial charge in [0.05, 0.1) is 6.54 Å². The second-order valence-corrected chi connectivity index (χ2v) is 4.69. The molecule has 1 aromatic carbocycles. The second-order valence-electron chi connectivity index (χ2n) is 4.69. The second kappa shape index (κ2) is 5.77. The van der Waals surface area contributed by atoms with Gasteiger partial charge in [-0.3, -0.25) is 4.79 Å². The van der Waals surface area contributed by atoms with Gasteiger partial charge in [-0.2, -0.15) is 0 Å². The Labute approximate surface area is 113 Å². The number of aryl methyl sites for hydroxylation is 1. The van der Waals surface area contributed by atoms with E-state index in [4.69, 9.17) is 16.9 Å². The lowest BCUT2D eigenvalue weighted by Crippen LogP contribution is -2.36. The van der Waals surface area contributed by atoms with Gasteiger partial charge in [0, 0.05) is 6.04 Å². The van der Waals surface area contributed by atoms with Crippen molar-refractivity contribution < 1.29 is 9.53 Å². The Morgan fingerprint density at radius 1 is 1.68 bits per heavy atom. The molecule has 2 atom stereocenters. The minimum absolute atomic E-state index is 0.125. The molecule has 1 amide bonds. The first kappa shape index (κ1) is 13.4. The molecular formula is C15H18N2O2. The lowest BCUT2D eigenvalue weighted by molar-refractivity contribution is -0.126. The zero-order valence-electron chi connectivity index (χ0n) is 11.0. The van der Waals surface area contributed by atoms with Crippen LogP contribution in [0.4, 0.5) is 0 Å². The van der Waals surface area contributed by atoms with Gasteiger partial charge in [0.15, 0.2) is 6.10 Å². The summed E-state index contributed by atoms with van der Waals surface area (Å²) in [6, 6.07) is 5.93. The number of fused-ring (bicyclic) bond motifs is 1. The van der Waals surface area contributed by atoms with E-state index in [1.807, 2.05) is 18.2 Å². The molecule has 1 aromatic rings. The third kappa shape index (κ3) is 3.07. The normalized spacial score (nSPS) is 18.3. The molecule has 0 aliphatic heterocycles. The summed E-state index contributed by atoms with van der Waals surface area (Å²) < 4.78 is 5.61. The number of nitrogens with one attached hydrogen (secondary N) is 1. The fourth-order valence-corrected chi connectivity index (χ4v) is 2.24. The first-order valence-electron chi connectivity index (χ1n) is 6.38.